The maximum Gasteiger partial charge on any atom is 0.240 e. The number of nitrogens with zero attached hydrogens (tertiary/aromatic N) is 6. The molecule has 22 heavy (non-hydrogen) atoms. The summed E-state index contributed by atoms with van der Waals surface area (Å²) in [4.78, 5) is 17.3. The molecule has 2 aromatic rings. The highest BCUT2D eigenvalue weighted by molar-refractivity contribution is 5.30. The standard InChI is InChI=1S/C14H20N6O2/c1-11-17-13(22-18-11)10-19(2)9-12-7-15-14(16-8-12)20-3-5-21-6-4-20/h7-8H,3-6,9-10H2,1-2H3. The first kappa shape index (κ1) is 14.9. The number of morpholine rings is 1. The van der Waals surface area contributed by atoms with Crippen LogP contribution in [0.3, 0.4) is 0 Å². The van der Waals surface area contributed by atoms with Crippen molar-refractivity contribution in [2.24, 2.45) is 0 Å². The van der Waals surface area contributed by atoms with Gasteiger partial charge in [0, 0.05) is 37.6 Å². The zero-order chi connectivity index (χ0) is 15.4. The smallest absolute Gasteiger partial charge is 0.240 e. The topological polar surface area (TPSA) is 80.4 Å². The molecule has 0 bridgehead atoms. The minimum absolute atomic E-state index is 0.603. The van der Waals surface area contributed by atoms with Crippen molar-refractivity contribution in [1.82, 2.24) is 25.0 Å². The lowest BCUT2D eigenvalue weighted by Crippen LogP contribution is -2.37. The number of rotatable bonds is 5. The summed E-state index contributed by atoms with van der Waals surface area (Å²) in [5.41, 5.74) is 1.05. The summed E-state index contributed by atoms with van der Waals surface area (Å²) in [7, 11) is 2.00. The third-order valence-electron chi connectivity index (χ3n) is 3.41. The largest absolute Gasteiger partial charge is 0.378 e. The summed E-state index contributed by atoms with van der Waals surface area (Å²) in [5.74, 6) is 2.04. The molecule has 0 aliphatic carbocycles. The molecule has 0 N–H and O–H groups in total. The maximum atomic E-state index is 5.33. The molecular weight excluding hydrogens is 284 g/mol. The van der Waals surface area contributed by atoms with Gasteiger partial charge in [-0.3, -0.25) is 4.90 Å². The van der Waals surface area contributed by atoms with Crippen LogP contribution < -0.4 is 4.90 Å². The molecule has 0 radical (unpaired) electrons. The van der Waals surface area contributed by atoms with Crippen LogP contribution in [0, 0.1) is 6.92 Å². The molecular formula is C14H20N6O2. The summed E-state index contributed by atoms with van der Waals surface area (Å²) in [6, 6.07) is 0. The Hall–Kier alpha value is -2.06. The lowest BCUT2D eigenvalue weighted by atomic mass is 10.3. The lowest BCUT2D eigenvalue weighted by Gasteiger charge is -2.26. The van der Waals surface area contributed by atoms with Crippen molar-refractivity contribution < 1.29 is 9.26 Å². The minimum atomic E-state index is 0.603. The van der Waals surface area contributed by atoms with Crippen LogP contribution in [-0.2, 0) is 17.8 Å². The van der Waals surface area contributed by atoms with Crippen LogP contribution in [0.25, 0.3) is 0 Å². The van der Waals surface area contributed by atoms with Gasteiger partial charge in [-0.1, -0.05) is 5.16 Å². The van der Waals surface area contributed by atoms with Crippen molar-refractivity contribution in [3.63, 3.8) is 0 Å². The van der Waals surface area contributed by atoms with E-state index in [-0.39, 0.29) is 0 Å². The Morgan fingerprint density at radius 2 is 1.91 bits per heavy atom. The Labute approximate surface area is 129 Å². The SMILES string of the molecule is Cc1noc(CN(C)Cc2cnc(N3CCOCC3)nc2)n1. The van der Waals surface area contributed by atoms with Gasteiger partial charge < -0.3 is 14.2 Å². The van der Waals surface area contributed by atoms with Gasteiger partial charge in [0.05, 0.1) is 19.8 Å². The second-order valence-corrected chi connectivity index (χ2v) is 5.40. The molecule has 1 aliphatic rings. The Morgan fingerprint density at radius 1 is 1.18 bits per heavy atom. The van der Waals surface area contributed by atoms with Gasteiger partial charge >= 0.3 is 0 Å². The Bertz CT molecular complexity index is 594. The summed E-state index contributed by atoms with van der Waals surface area (Å²) in [6.45, 7) is 6.29. The van der Waals surface area contributed by atoms with Gasteiger partial charge in [0.1, 0.15) is 0 Å². The normalized spacial score (nSPS) is 15.5. The molecule has 0 amide bonds. The lowest BCUT2D eigenvalue weighted by molar-refractivity contribution is 0.122. The highest BCUT2D eigenvalue weighted by Crippen LogP contribution is 2.11. The van der Waals surface area contributed by atoms with Gasteiger partial charge in [0.15, 0.2) is 5.82 Å². The van der Waals surface area contributed by atoms with Crippen molar-refractivity contribution in [3.05, 3.63) is 29.7 Å². The van der Waals surface area contributed by atoms with E-state index in [1.54, 1.807) is 0 Å². The van der Waals surface area contributed by atoms with Crippen molar-refractivity contribution >= 4 is 5.95 Å². The Balaban J connectivity index is 1.56. The second kappa shape index (κ2) is 6.80. The quantitative estimate of drug-likeness (QED) is 0.796. The minimum Gasteiger partial charge on any atom is -0.378 e. The predicted molar refractivity (Wildman–Crippen MR) is 79.3 cm³/mol. The highest BCUT2D eigenvalue weighted by atomic mass is 16.5. The van der Waals surface area contributed by atoms with Crippen molar-refractivity contribution in [2.75, 3.05) is 38.3 Å². The van der Waals surface area contributed by atoms with Gasteiger partial charge in [-0.05, 0) is 14.0 Å². The van der Waals surface area contributed by atoms with Gasteiger partial charge in [-0.2, -0.15) is 4.98 Å². The average Bonchev–Trinajstić information content (AvgIpc) is 2.94. The third kappa shape index (κ3) is 3.77. The van der Waals surface area contributed by atoms with E-state index in [2.05, 4.69) is 29.9 Å². The number of aryl methyl sites for hydroxylation is 1. The van der Waals surface area contributed by atoms with Crippen LogP contribution in [-0.4, -0.2) is 58.4 Å². The van der Waals surface area contributed by atoms with Crippen LogP contribution >= 0.6 is 0 Å². The molecule has 0 aromatic carbocycles. The highest BCUT2D eigenvalue weighted by Gasteiger charge is 2.14. The van der Waals surface area contributed by atoms with E-state index in [1.165, 1.54) is 0 Å². The van der Waals surface area contributed by atoms with E-state index < -0.39 is 0 Å². The van der Waals surface area contributed by atoms with Gasteiger partial charge in [-0.25, -0.2) is 9.97 Å². The van der Waals surface area contributed by atoms with E-state index in [0.29, 0.717) is 18.3 Å². The molecule has 1 saturated heterocycles. The summed E-state index contributed by atoms with van der Waals surface area (Å²) >= 11 is 0. The van der Waals surface area contributed by atoms with Crippen LogP contribution in [0.5, 0.6) is 0 Å². The molecule has 8 nitrogen and oxygen atoms in total. The Kier molecular flexibility index (Phi) is 4.59. The molecule has 0 atom stereocenters. The molecule has 2 aromatic heterocycles. The third-order valence-corrected chi connectivity index (χ3v) is 3.41. The molecule has 0 unspecified atom stereocenters. The zero-order valence-electron chi connectivity index (χ0n) is 12.9. The molecule has 1 aliphatic heterocycles. The van der Waals surface area contributed by atoms with E-state index >= 15 is 0 Å². The zero-order valence-corrected chi connectivity index (χ0v) is 12.9. The summed E-state index contributed by atoms with van der Waals surface area (Å²) in [5, 5.41) is 3.79. The molecule has 3 heterocycles. The predicted octanol–water partition coefficient (Wildman–Crippen LogP) is 0.637. The van der Waals surface area contributed by atoms with Crippen LogP contribution in [0.2, 0.25) is 0 Å². The monoisotopic (exact) mass is 304 g/mol. The van der Waals surface area contributed by atoms with Crippen molar-refractivity contribution in [3.8, 4) is 0 Å². The van der Waals surface area contributed by atoms with E-state index in [4.69, 9.17) is 9.26 Å². The first-order chi connectivity index (χ1) is 10.7. The first-order valence-electron chi connectivity index (χ1n) is 7.32. The van der Waals surface area contributed by atoms with E-state index in [1.807, 2.05) is 26.4 Å². The van der Waals surface area contributed by atoms with Crippen LogP contribution in [0.15, 0.2) is 16.9 Å². The summed E-state index contributed by atoms with van der Waals surface area (Å²) < 4.78 is 10.5. The van der Waals surface area contributed by atoms with Crippen LogP contribution in [0.1, 0.15) is 17.3 Å². The van der Waals surface area contributed by atoms with Gasteiger partial charge in [0.2, 0.25) is 11.8 Å². The molecule has 118 valence electrons. The number of aromatic nitrogens is 4. The molecule has 3 rings (SSSR count). The van der Waals surface area contributed by atoms with Gasteiger partial charge in [0.25, 0.3) is 0 Å². The van der Waals surface area contributed by atoms with E-state index in [0.717, 1.165) is 44.4 Å². The van der Waals surface area contributed by atoms with Gasteiger partial charge in [-0.15, -0.1) is 0 Å². The number of hydrogen-bond acceptors (Lipinski definition) is 8. The molecule has 8 heteroatoms. The number of hydrogen-bond donors (Lipinski definition) is 0. The fraction of sp³-hybridized carbons (Fsp3) is 0.571. The number of ether oxygens (including phenoxy) is 1. The van der Waals surface area contributed by atoms with Crippen LogP contribution in [0.4, 0.5) is 5.95 Å². The maximum absolute atomic E-state index is 5.33. The van der Waals surface area contributed by atoms with E-state index in [9.17, 15) is 0 Å². The fourth-order valence-electron chi connectivity index (χ4n) is 2.36. The second-order valence-electron chi connectivity index (χ2n) is 5.40. The van der Waals surface area contributed by atoms with Crippen molar-refractivity contribution in [1.29, 1.82) is 0 Å². The fourth-order valence-corrected chi connectivity index (χ4v) is 2.36. The Morgan fingerprint density at radius 3 is 2.55 bits per heavy atom. The first-order valence-corrected chi connectivity index (χ1v) is 7.32. The van der Waals surface area contributed by atoms with Crippen molar-refractivity contribution in [2.45, 2.75) is 20.0 Å². The average molecular weight is 304 g/mol. The summed E-state index contributed by atoms with van der Waals surface area (Å²) in [6.07, 6.45) is 3.74. The molecule has 0 spiro atoms. The number of anilines is 1. The molecule has 1 fully saturated rings. The molecule has 0 saturated carbocycles.